The normalized spacial score (nSPS) is 11.5. The summed E-state index contributed by atoms with van der Waals surface area (Å²) in [6.07, 6.45) is 1.01. The molecule has 3 amide bonds. The van der Waals surface area contributed by atoms with Gasteiger partial charge in [0.2, 0.25) is 5.91 Å². The molecule has 1 aromatic rings. The molecule has 0 radical (unpaired) electrons. The van der Waals surface area contributed by atoms with Crippen LogP contribution in [0.15, 0.2) is 11.6 Å². The summed E-state index contributed by atoms with van der Waals surface area (Å²) in [6, 6.07) is -2.11. The Morgan fingerprint density at radius 3 is 2.71 bits per heavy atom. The molecule has 0 fully saturated rings. The molecule has 0 aliphatic carbocycles. The molecule has 0 saturated carbocycles. The molecule has 0 aliphatic rings. The van der Waals surface area contributed by atoms with E-state index in [-0.39, 0.29) is 0 Å². The van der Waals surface area contributed by atoms with Crippen molar-refractivity contribution in [3.05, 3.63) is 11.6 Å². The zero-order valence-electron chi connectivity index (χ0n) is 8.54. The van der Waals surface area contributed by atoms with Gasteiger partial charge in [-0.25, -0.2) is 14.6 Å². The molecule has 0 aromatic carbocycles. The average Bonchev–Trinajstić information content (AvgIpc) is 2.68. The highest BCUT2D eigenvalue weighted by molar-refractivity contribution is 7.13. The molecule has 1 rings (SSSR count). The fourth-order valence-corrected chi connectivity index (χ4v) is 1.50. The lowest BCUT2D eigenvalue weighted by Crippen LogP contribution is -2.45. The molecule has 92 valence electrons. The maximum atomic E-state index is 11.3. The first-order chi connectivity index (χ1) is 7.99. The first kappa shape index (κ1) is 12.9. The average molecular weight is 258 g/mol. The number of carbonyl (C=O) groups is 3. The van der Waals surface area contributed by atoms with E-state index in [9.17, 15) is 14.4 Å². The highest BCUT2D eigenvalue weighted by atomic mass is 32.1. The molecule has 1 atom stereocenters. The number of hydrogen-bond donors (Lipinski definition) is 4. The summed E-state index contributed by atoms with van der Waals surface area (Å²) in [5.41, 5.74) is 4.86. The molecule has 1 aromatic heterocycles. The van der Waals surface area contributed by atoms with Gasteiger partial charge in [-0.15, -0.1) is 11.3 Å². The third-order valence-electron chi connectivity index (χ3n) is 1.66. The van der Waals surface area contributed by atoms with E-state index in [1.165, 1.54) is 17.5 Å². The van der Waals surface area contributed by atoms with Gasteiger partial charge in [-0.1, -0.05) is 0 Å². The number of anilines is 1. The lowest BCUT2D eigenvalue weighted by Gasteiger charge is -2.12. The van der Waals surface area contributed by atoms with Crippen molar-refractivity contribution in [3.63, 3.8) is 0 Å². The lowest BCUT2D eigenvalue weighted by atomic mass is 10.2. The number of thiazole rings is 1. The molecule has 5 N–H and O–H groups in total. The topological polar surface area (TPSA) is 134 Å². The first-order valence-corrected chi connectivity index (χ1v) is 5.35. The Morgan fingerprint density at radius 1 is 1.53 bits per heavy atom. The van der Waals surface area contributed by atoms with Crippen LogP contribution in [0.3, 0.4) is 0 Å². The summed E-state index contributed by atoms with van der Waals surface area (Å²) in [5, 5.41) is 15.1. The third kappa shape index (κ3) is 4.47. The van der Waals surface area contributed by atoms with Crippen LogP contribution in [0.5, 0.6) is 0 Å². The highest BCUT2D eigenvalue weighted by Gasteiger charge is 2.22. The van der Waals surface area contributed by atoms with Gasteiger partial charge in [0.1, 0.15) is 6.04 Å². The van der Waals surface area contributed by atoms with E-state index in [2.05, 4.69) is 15.6 Å². The minimum absolute atomic E-state index is 0.325. The van der Waals surface area contributed by atoms with Gasteiger partial charge in [-0.3, -0.25) is 10.1 Å². The molecule has 0 saturated heterocycles. The summed E-state index contributed by atoms with van der Waals surface area (Å²) in [6.45, 7) is 0. The van der Waals surface area contributed by atoms with Crippen molar-refractivity contribution in [2.45, 2.75) is 12.5 Å². The van der Waals surface area contributed by atoms with Crippen LogP contribution in [0.4, 0.5) is 9.93 Å². The predicted octanol–water partition coefficient (Wildman–Crippen LogP) is -0.407. The highest BCUT2D eigenvalue weighted by Crippen LogP contribution is 2.09. The Hall–Kier alpha value is -2.16. The smallest absolute Gasteiger partial charge is 0.326 e. The number of carboxylic acid groups (broad SMARTS) is 1. The summed E-state index contributed by atoms with van der Waals surface area (Å²) in [7, 11) is 0. The number of nitrogens with zero attached hydrogens (tertiary/aromatic N) is 1. The molecule has 17 heavy (non-hydrogen) atoms. The van der Waals surface area contributed by atoms with Crippen LogP contribution < -0.4 is 16.4 Å². The van der Waals surface area contributed by atoms with Crippen molar-refractivity contribution in [2.75, 3.05) is 5.32 Å². The fourth-order valence-electron chi connectivity index (χ4n) is 0.978. The molecule has 1 heterocycles. The summed E-state index contributed by atoms with van der Waals surface area (Å²) < 4.78 is 0. The van der Waals surface area contributed by atoms with Crippen molar-refractivity contribution in [1.29, 1.82) is 0 Å². The van der Waals surface area contributed by atoms with E-state index < -0.39 is 30.4 Å². The number of amides is 3. The van der Waals surface area contributed by atoms with Crippen LogP contribution in [-0.4, -0.2) is 34.0 Å². The van der Waals surface area contributed by atoms with Crippen LogP contribution >= 0.6 is 11.3 Å². The largest absolute Gasteiger partial charge is 0.480 e. The summed E-state index contributed by atoms with van der Waals surface area (Å²) in [4.78, 5) is 36.4. The van der Waals surface area contributed by atoms with Crippen molar-refractivity contribution >= 4 is 34.4 Å². The molecule has 0 spiro atoms. The van der Waals surface area contributed by atoms with Gasteiger partial charge in [0, 0.05) is 11.6 Å². The number of nitrogens with one attached hydrogen (secondary N) is 2. The van der Waals surface area contributed by atoms with Crippen LogP contribution in [-0.2, 0) is 9.59 Å². The van der Waals surface area contributed by atoms with Crippen LogP contribution in [0.2, 0.25) is 0 Å². The van der Waals surface area contributed by atoms with E-state index >= 15 is 0 Å². The molecular weight excluding hydrogens is 248 g/mol. The number of rotatable bonds is 5. The third-order valence-corrected chi connectivity index (χ3v) is 2.35. The maximum absolute atomic E-state index is 11.3. The minimum atomic E-state index is -1.35. The Balaban J connectivity index is 2.52. The van der Waals surface area contributed by atoms with E-state index in [0.29, 0.717) is 5.13 Å². The predicted molar refractivity (Wildman–Crippen MR) is 59.5 cm³/mol. The second-order valence-corrected chi connectivity index (χ2v) is 3.89. The minimum Gasteiger partial charge on any atom is -0.480 e. The Bertz CT molecular complexity index is 419. The zero-order valence-corrected chi connectivity index (χ0v) is 9.36. The SMILES string of the molecule is NC(=O)C[C@H](NC(=O)Nc1nccs1)C(=O)O. The van der Waals surface area contributed by atoms with Gasteiger partial charge in [-0.05, 0) is 0 Å². The van der Waals surface area contributed by atoms with E-state index in [0.717, 1.165) is 0 Å². The monoisotopic (exact) mass is 258 g/mol. The number of primary amides is 1. The first-order valence-electron chi connectivity index (χ1n) is 4.47. The molecule has 0 bridgehead atoms. The standard InChI is InChI=1S/C8H10N4O4S/c9-5(13)3-4(6(14)15)11-7(16)12-8-10-1-2-17-8/h1-2,4H,3H2,(H2,9,13)(H,14,15)(H2,10,11,12,16)/t4-/m0/s1. The van der Waals surface area contributed by atoms with Gasteiger partial charge < -0.3 is 16.2 Å². The number of hydrogen-bond acceptors (Lipinski definition) is 5. The van der Waals surface area contributed by atoms with Gasteiger partial charge in [0.25, 0.3) is 0 Å². The fraction of sp³-hybridized carbons (Fsp3) is 0.250. The zero-order chi connectivity index (χ0) is 12.8. The number of carbonyl (C=O) groups excluding carboxylic acids is 2. The van der Waals surface area contributed by atoms with Gasteiger partial charge >= 0.3 is 12.0 Å². The number of nitrogens with two attached hydrogens (primary N) is 1. The second-order valence-electron chi connectivity index (χ2n) is 3.00. The van der Waals surface area contributed by atoms with E-state index in [1.807, 2.05) is 0 Å². The second kappa shape index (κ2) is 5.80. The molecule has 8 nitrogen and oxygen atoms in total. The van der Waals surface area contributed by atoms with Gasteiger partial charge in [0.05, 0.1) is 6.42 Å². The van der Waals surface area contributed by atoms with Gasteiger partial charge in [0.15, 0.2) is 5.13 Å². The molecule has 0 unspecified atom stereocenters. The number of urea groups is 1. The lowest BCUT2D eigenvalue weighted by molar-refractivity contribution is -0.140. The molecule has 0 aliphatic heterocycles. The van der Waals surface area contributed by atoms with Crippen LogP contribution in [0.25, 0.3) is 0 Å². The van der Waals surface area contributed by atoms with Crippen LogP contribution in [0, 0.1) is 0 Å². The molecule has 9 heteroatoms. The quantitative estimate of drug-likeness (QED) is 0.569. The summed E-state index contributed by atoms with van der Waals surface area (Å²) >= 11 is 1.18. The van der Waals surface area contributed by atoms with Crippen molar-refractivity contribution in [2.24, 2.45) is 5.73 Å². The van der Waals surface area contributed by atoms with E-state index in [1.54, 1.807) is 5.38 Å². The van der Waals surface area contributed by atoms with Crippen molar-refractivity contribution < 1.29 is 19.5 Å². The van der Waals surface area contributed by atoms with Crippen molar-refractivity contribution in [1.82, 2.24) is 10.3 Å². The van der Waals surface area contributed by atoms with Gasteiger partial charge in [-0.2, -0.15) is 0 Å². The molecular formula is C8H10N4O4S. The van der Waals surface area contributed by atoms with Crippen molar-refractivity contribution in [3.8, 4) is 0 Å². The Kier molecular flexibility index (Phi) is 4.40. The Morgan fingerprint density at radius 2 is 2.24 bits per heavy atom. The maximum Gasteiger partial charge on any atom is 0.326 e. The number of carboxylic acids is 1. The van der Waals surface area contributed by atoms with E-state index in [4.69, 9.17) is 10.8 Å². The number of aromatic nitrogens is 1. The Labute approximate surface area is 99.8 Å². The number of aliphatic carboxylic acids is 1. The van der Waals surface area contributed by atoms with Crippen LogP contribution in [0.1, 0.15) is 6.42 Å². The summed E-state index contributed by atoms with van der Waals surface area (Å²) in [5.74, 6) is -2.15.